The van der Waals surface area contributed by atoms with E-state index in [-0.39, 0.29) is 17.7 Å². The molecule has 0 radical (unpaired) electrons. The first kappa shape index (κ1) is 15.2. The Bertz CT molecular complexity index is 278. The molecule has 0 amide bonds. The maximum Gasteiger partial charge on any atom is 0.0971 e. The fraction of sp³-hybridized carbons (Fsp3) is 1.00. The van der Waals surface area contributed by atoms with Crippen LogP contribution in [0, 0.1) is 5.92 Å². The molecule has 1 heterocycles. The van der Waals surface area contributed by atoms with Crippen LogP contribution < -0.4 is 5.32 Å². The number of nitrogens with one attached hydrogen (secondary N) is 1. The molecule has 4 unspecified atom stereocenters. The van der Waals surface area contributed by atoms with E-state index in [1.54, 1.807) is 14.2 Å². The highest BCUT2D eigenvalue weighted by molar-refractivity contribution is 4.97. The topological polar surface area (TPSA) is 33.7 Å². The lowest BCUT2D eigenvalue weighted by Crippen LogP contribution is -2.52. The van der Waals surface area contributed by atoms with E-state index < -0.39 is 0 Å². The van der Waals surface area contributed by atoms with Crippen molar-refractivity contribution in [3.05, 3.63) is 0 Å². The molecule has 4 nitrogen and oxygen atoms in total. The van der Waals surface area contributed by atoms with Crippen molar-refractivity contribution < 1.29 is 9.47 Å². The lowest BCUT2D eigenvalue weighted by atomic mass is 9.78. The minimum absolute atomic E-state index is 0.218. The van der Waals surface area contributed by atoms with Gasteiger partial charge in [-0.3, -0.25) is 4.90 Å². The van der Waals surface area contributed by atoms with Gasteiger partial charge in [-0.1, -0.05) is 0 Å². The average Bonchev–Trinajstić information content (AvgIpc) is 2.69. The number of hydrogen-bond donors (Lipinski definition) is 1. The van der Waals surface area contributed by atoms with Crippen LogP contribution in [-0.4, -0.2) is 62.5 Å². The molecule has 2 fully saturated rings. The minimum Gasteiger partial charge on any atom is -0.377 e. The van der Waals surface area contributed by atoms with E-state index in [9.17, 15) is 0 Å². The molecule has 1 saturated heterocycles. The molecule has 0 bridgehead atoms. The number of hydrogen-bond acceptors (Lipinski definition) is 4. The Kier molecular flexibility index (Phi) is 4.88. The highest BCUT2D eigenvalue weighted by Gasteiger charge is 2.42. The molecule has 1 N–H and O–H groups in total. The first-order valence-corrected chi connectivity index (χ1v) is 7.49. The van der Waals surface area contributed by atoms with Gasteiger partial charge in [-0.05, 0) is 46.1 Å². The predicted molar refractivity (Wildman–Crippen MR) is 77.4 cm³/mol. The van der Waals surface area contributed by atoms with Crippen LogP contribution >= 0.6 is 0 Å². The molecule has 112 valence electrons. The van der Waals surface area contributed by atoms with Crippen molar-refractivity contribution in [2.75, 3.05) is 33.9 Å². The normalized spacial score (nSPS) is 36.5. The fourth-order valence-corrected chi connectivity index (χ4v) is 3.20. The zero-order valence-electron chi connectivity index (χ0n) is 13.1. The molecular weight excluding hydrogens is 240 g/mol. The number of ether oxygens (including phenoxy) is 2. The van der Waals surface area contributed by atoms with Gasteiger partial charge in [0.15, 0.2) is 0 Å². The zero-order chi connectivity index (χ0) is 14.0. The quantitative estimate of drug-likeness (QED) is 0.821. The van der Waals surface area contributed by atoms with E-state index in [0.29, 0.717) is 6.04 Å². The molecule has 1 aliphatic carbocycles. The molecule has 4 atom stereocenters. The summed E-state index contributed by atoms with van der Waals surface area (Å²) in [5.74, 6) is 0.785. The first-order chi connectivity index (χ1) is 8.94. The van der Waals surface area contributed by atoms with E-state index in [4.69, 9.17) is 9.47 Å². The second-order valence-corrected chi connectivity index (χ2v) is 7.04. The molecule has 2 rings (SSSR count). The van der Waals surface area contributed by atoms with Gasteiger partial charge in [0, 0.05) is 38.9 Å². The number of likely N-dealkylation sites (tertiary alicyclic amines) is 1. The van der Waals surface area contributed by atoms with Gasteiger partial charge in [0.05, 0.1) is 12.2 Å². The van der Waals surface area contributed by atoms with Crippen molar-refractivity contribution in [2.45, 2.75) is 57.4 Å². The Morgan fingerprint density at radius 1 is 1.05 bits per heavy atom. The van der Waals surface area contributed by atoms with E-state index >= 15 is 0 Å². The van der Waals surface area contributed by atoms with Gasteiger partial charge < -0.3 is 14.8 Å². The number of rotatable bonds is 5. The third kappa shape index (κ3) is 3.69. The Morgan fingerprint density at radius 2 is 1.63 bits per heavy atom. The van der Waals surface area contributed by atoms with E-state index in [1.807, 2.05) is 0 Å². The summed E-state index contributed by atoms with van der Waals surface area (Å²) in [7, 11) is 3.58. The van der Waals surface area contributed by atoms with Crippen LogP contribution in [0.4, 0.5) is 0 Å². The lowest BCUT2D eigenvalue weighted by Gasteiger charge is -2.44. The Hall–Kier alpha value is -0.160. The van der Waals surface area contributed by atoms with Crippen LogP contribution in [-0.2, 0) is 9.47 Å². The minimum atomic E-state index is 0.218. The monoisotopic (exact) mass is 270 g/mol. The summed E-state index contributed by atoms with van der Waals surface area (Å²) in [6, 6.07) is 0.715. The fourth-order valence-electron chi connectivity index (χ4n) is 3.20. The second kappa shape index (κ2) is 6.08. The lowest BCUT2D eigenvalue weighted by molar-refractivity contribution is -0.00461. The van der Waals surface area contributed by atoms with Crippen LogP contribution in [0.25, 0.3) is 0 Å². The van der Waals surface area contributed by atoms with Gasteiger partial charge in [-0.15, -0.1) is 0 Å². The third-order valence-corrected chi connectivity index (χ3v) is 4.59. The Morgan fingerprint density at radius 3 is 2.00 bits per heavy atom. The van der Waals surface area contributed by atoms with Crippen LogP contribution in [0.3, 0.4) is 0 Å². The molecule has 0 aromatic rings. The summed E-state index contributed by atoms with van der Waals surface area (Å²) in [5, 5.41) is 3.64. The molecule has 0 spiro atoms. The largest absolute Gasteiger partial charge is 0.377 e. The van der Waals surface area contributed by atoms with Crippen molar-refractivity contribution in [3.8, 4) is 0 Å². The SMILES string of the molecule is COC1CN(C2CCC2CNC(C)(C)C)CC1OC. The van der Waals surface area contributed by atoms with Crippen LogP contribution in [0.1, 0.15) is 33.6 Å². The standard InChI is InChI=1S/C15H30N2O2/c1-15(2,3)16-8-11-6-7-12(11)17-9-13(18-4)14(10-17)19-5/h11-14,16H,6-10H2,1-5H3. The summed E-state index contributed by atoms with van der Waals surface area (Å²) in [4.78, 5) is 2.57. The van der Waals surface area contributed by atoms with E-state index in [2.05, 4.69) is 31.0 Å². The van der Waals surface area contributed by atoms with Crippen molar-refractivity contribution >= 4 is 0 Å². The smallest absolute Gasteiger partial charge is 0.0971 e. The van der Waals surface area contributed by atoms with Gasteiger partial charge in [0.2, 0.25) is 0 Å². The van der Waals surface area contributed by atoms with E-state index in [0.717, 1.165) is 25.6 Å². The van der Waals surface area contributed by atoms with Gasteiger partial charge in [-0.25, -0.2) is 0 Å². The molecule has 19 heavy (non-hydrogen) atoms. The molecule has 0 aromatic carbocycles. The molecule has 4 heteroatoms. The summed E-state index contributed by atoms with van der Waals surface area (Å²) >= 11 is 0. The molecule has 2 aliphatic rings. The van der Waals surface area contributed by atoms with Gasteiger partial charge in [-0.2, -0.15) is 0 Å². The highest BCUT2D eigenvalue weighted by Crippen LogP contribution is 2.35. The van der Waals surface area contributed by atoms with Crippen molar-refractivity contribution in [2.24, 2.45) is 5.92 Å². The second-order valence-electron chi connectivity index (χ2n) is 7.04. The number of methoxy groups -OCH3 is 2. The zero-order valence-corrected chi connectivity index (χ0v) is 13.1. The van der Waals surface area contributed by atoms with Crippen molar-refractivity contribution in [1.82, 2.24) is 10.2 Å². The van der Waals surface area contributed by atoms with Crippen LogP contribution in [0.2, 0.25) is 0 Å². The maximum absolute atomic E-state index is 5.53. The number of nitrogens with zero attached hydrogens (tertiary/aromatic N) is 1. The van der Waals surface area contributed by atoms with Gasteiger partial charge in [0.1, 0.15) is 0 Å². The Balaban J connectivity index is 1.83. The predicted octanol–water partition coefficient (Wildman–Crippen LogP) is 1.50. The molecule has 1 saturated carbocycles. The highest BCUT2D eigenvalue weighted by atomic mass is 16.5. The van der Waals surface area contributed by atoms with Gasteiger partial charge in [0.25, 0.3) is 0 Å². The van der Waals surface area contributed by atoms with Crippen molar-refractivity contribution in [3.63, 3.8) is 0 Å². The van der Waals surface area contributed by atoms with Crippen LogP contribution in [0.15, 0.2) is 0 Å². The average molecular weight is 270 g/mol. The summed E-state index contributed by atoms with van der Waals surface area (Å²) in [5.41, 5.74) is 0.218. The summed E-state index contributed by atoms with van der Waals surface area (Å²) in [6.45, 7) is 9.87. The molecule has 0 aromatic heterocycles. The third-order valence-electron chi connectivity index (χ3n) is 4.59. The van der Waals surface area contributed by atoms with Crippen LogP contribution in [0.5, 0.6) is 0 Å². The van der Waals surface area contributed by atoms with E-state index in [1.165, 1.54) is 12.8 Å². The molecular formula is C15H30N2O2. The first-order valence-electron chi connectivity index (χ1n) is 7.49. The summed E-state index contributed by atoms with van der Waals surface area (Å²) in [6.07, 6.45) is 3.15. The Labute approximate surface area is 117 Å². The van der Waals surface area contributed by atoms with Crippen molar-refractivity contribution in [1.29, 1.82) is 0 Å². The maximum atomic E-state index is 5.53. The van der Waals surface area contributed by atoms with Gasteiger partial charge >= 0.3 is 0 Å². The summed E-state index contributed by atoms with van der Waals surface area (Å²) < 4.78 is 11.1. The molecule has 1 aliphatic heterocycles.